The molecule has 30 heavy (non-hydrogen) atoms. The number of carbonyl (C=O) groups is 1. The maximum absolute atomic E-state index is 12.1. The number of allylic oxidation sites excluding steroid dienone is 1. The van der Waals surface area contributed by atoms with E-state index in [0.717, 1.165) is 48.9 Å². The molecule has 2 heterocycles. The summed E-state index contributed by atoms with van der Waals surface area (Å²) in [5.41, 5.74) is 2.31. The molecule has 166 valence electrons. The van der Waals surface area contributed by atoms with Crippen LogP contribution in [-0.4, -0.2) is 24.2 Å². The van der Waals surface area contributed by atoms with Gasteiger partial charge in [-0.2, -0.15) is 0 Å². The van der Waals surface area contributed by atoms with E-state index in [9.17, 15) is 4.79 Å². The number of ketones is 1. The molecule has 6 rings (SSSR count). The molecule has 0 amide bonds. The lowest BCUT2D eigenvalue weighted by molar-refractivity contribution is -0.786. The van der Waals surface area contributed by atoms with Gasteiger partial charge in [0.05, 0.1) is 12.6 Å². The summed E-state index contributed by atoms with van der Waals surface area (Å²) in [6.45, 7) is 11.3. The summed E-state index contributed by atoms with van der Waals surface area (Å²) < 4.78 is 7.05. The Labute approximate surface area is 182 Å². The van der Waals surface area contributed by atoms with Crippen LogP contribution in [0.3, 0.4) is 0 Å². The van der Waals surface area contributed by atoms with E-state index in [1.165, 1.54) is 50.6 Å². The highest BCUT2D eigenvalue weighted by atomic mass is 16.5. The predicted molar refractivity (Wildman–Crippen MR) is 118 cm³/mol. The molecule has 10 atom stereocenters. The van der Waals surface area contributed by atoms with E-state index in [1.807, 2.05) is 6.08 Å². The fourth-order valence-electron chi connectivity index (χ4n) is 9.91. The van der Waals surface area contributed by atoms with E-state index in [2.05, 4.69) is 33.0 Å². The van der Waals surface area contributed by atoms with Gasteiger partial charge in [0.25, 0.3) is 0 Å². The molecule has 3 saturated carbocycles. The van der Waals surface area contributed by atoms with Crippen LogP contribution in [0.2, 0.25) is 0 Å². The number of hydrogen-bond donors (Lipinski definition) is 1. The lowest BCUT2D eigenvalue weighted by Crippen LogP contribution is -3.00. The van der Waals surface area contributed by atoms with Gasteiger partial charge in [-0.05, 0) is 79.6 Å². The molecular weight excluding hydrogens is 370 g/mol. The maximum atomic E-state index is 12.1. The van der Waals surface area contributed by atoms with Gasteiger partial charge >= 0.3 is 0 Å². The van der Waals surface area contributed by atoms with Gasteiger partial charge in [0.2, 0.25) is 5.72 Å². The van der Waals surface area contributed by atoms with Crippen molar-refractivity contribution in [3.8, 4) is 0 Å². The Balaban J connectivity index is 1.28. The lowest BCUT2D eigenvalue weighted by Gasteiger charge is -2.58. The van der Waals surface area contributed by atoms with Crippen molar-refractivity contribution in [3.05, 3.63) is 11.6 Å². The summed E-state index contributed by atoms with van der Waals surface area (Å²) in [6, 6.07) is 0. The number of piperidine rings is 1. The van der Waals surface area contributed by atoms with E-state index in [0.29, 0.717) is 23.2 Å². The molecule has 2 N–H and O–H groups in total. The maximum Gasteiger partial charge on any atom is 0.203 e. The zero-order chi connectivity index (χ0) is 20.9. The molecule has 6 aliphatic rings. The summed E-state index contributed by atoms with van der Waals surface area (Å²) in [5.74, 6) is 5.07. The standard InChI is InChI=1S/C27H41NO2/c1-16-7-12-27(28-15-16)17(2)24-23(30-27)14-22-20-6-5-18-13-19(29)8-10-25(18,3)21(20)9-11-26(22,24)4/h13,16-17,20-24,28H,5-12,14-15H2,1-4H3/p+1/t16-,17+,20-,21+,22+,23+,24+,25+,26-,27-/m1/s1. The highest BCUT2D eigenvalue weighted by Gasteiger charge is 2.69. The van der Waals surface area contributed by atoms with Crippen molar-refractivity contribution < 1.29 is 14.8 Å². The van der Waals surface area contributed by atoms with Crippen LogP contribution in [0, 0.1) is 46.3 Å². The Morgan fingerprint density at radius 3 is 2.63 bits per heavy atom. The number of quaternary nitrogens is 1. The Hall–Kier alpha value is -0.670. The Bertz CT molecular complexity index is 780. The molecule has 0 aromatic carbocycles. The molecule has 3 heteroatoms. The average Bonchev–Trinajstić information content (AvgIpc) is 3.16. The Morgan fingerprint density at radius 1 is 1.03 bits per heavy atom. The minimum absolute atomic E-state index is 0.0743. The zero-order valence-electron chi connectivity index (χ0n) is 19.6. The van der Waals surface area contributed by atoms with E-state index < -0.39 is 0 Å². The summed E-state index contributed by atoms with van der Waals surface area (Å²) in [6.07, 6.45) is 13.5. The smallest absolute Gasteiger partial charge is 0.203 e. The van der Waals surface area contributed by atoms with Crippen LogP contribution >= 0.6 is 0 Å². The summed E-state index contributed by atoms with van der Waals surface area (Å²) in [4.78, 5) is 12.1. The monoisotopic (exact) mass is 412 g/mol. The van der Waals surface area contributed by atoms with Crippen molar-refractivity contribution in [3.63, 3.8) is 0 Å². The van der Waals surface area contributed by atoms with E-state index in [1.54, 1.807) is 0 Å². The Morgan fingerprint density at radius 2 is 1.87 bits per heavy atom. The van der Waals surface area contributed by atoms with Crippen molar-refractivity contribution in [2.45, 2.75) is 97.3 Å². The highest BCUT2D eigenvalue weighted by Crippen LogP contribution is 2.70. The van der Waals surface area contributed by atoms with Crippen molar-refractivity contribution in [1.29, 1.82) is 0 Å². The second kappa shape index (κ2) is 6.44. The molecule has 0 aromatic heterocycles. The van der Waals surface area contributed by atoms with Crippen molar-refractivity contribution in [2.75, 3.05) is 6.54 Å². The predicted octanol–water partition coefficient (Wildman–Crippen LogP) is 4.47. The fourth-order valence-corrected chi connectivity index (χ4v) is 9.91. The normalized spacial score (nSPS) is 57.4. The molecule has 2 saturated heterocycles. The van der Waals surface area contributed by atoms with Crippen LogP contribution in [0.15, 0.2) is 11.6 Å². The van der Waals surface area contributed by atoms with Gasteiger partial charge < -0.3 is 10.1 Å². The summed E-state index contributed by atoms with van der Waals surface area (Å²) >= 11 is 0. The molecule has 0 bridgehead atoms. The molecule has 0 unspecified atom stereocenters. The topological polar surface area (TPSA) is 42.9 Å². The van der Waals surface area contributed by atoms with E-state index in [-0.39, 0.29) is 11.1 Å². The minimum Gasteiger partial charge on any atom is -0.323 e. The van der Waals surface area contributed by atoms with Gasteiger partial charge in [0.15, 0.2) is 5.78 Å². The number of carbonyl (C=O) groups excluding carboxylic acids is 1. The first-order valence-electron chi connectivity index (χ1n) is 13.0. The first kappa shape index (κ1) is 20.0. The molecule has 2 aliphatic heterocycles. The van der Waals surface area contributed by atoms with Crippen LogP contribution < -0.4 is 5.32 Å². The lowest BCUT2D eigenvalue weighted by atomic mass is 9.46. The van der Waals surface area contributed by atoms with Crippen LogP contribution in [-0.2, 0) is 9.53 Å². The van der Waals surface area contributed by atoms with Crippen LogP contribution in [0.25, 0.3) is 0 Å². The molecular formula is C27H42NO2+. The molecule has 3 nitrogen and oxygen atoms in total. The van der Waals surface area contributed by atoms with Crippen LogP contribution in [0.1, 0.15) is 85.5 Å². The number of hydrogen-bond acceptors (Lipinski definition) is 2. The summed E-state index contributed by atoms with van der Waals surface area (Å²) in [7, 11) is 0. The fraction of sp³-hybridized carbons (Fsp3) is 0.889. The highest BCUT2D eigenvalue weighted by molar-refractivity contribution is 5.91. The quantitative estimate of drug-likeness (QED) is 0.638. The number of fused-ring (bicyclic) bond motifs is 7. The molecule has 0 radical (unpaired) electrons. The first-order chi connectivity index (χ1) is 14.3. The number of rotatable bonds is 0. The van der Waals surface area contributed by atoms with Crippen molar-refractivity contribution >= 4 is 5.78 Å². The largest absolute Gasteiger partial charge is 0.323 e. The van der Waals surface area contributed by atoms with Gasteiger partial charge in [0.1, 0.15) is 0 Å². The molecule has 5 fully saturated rings. The first-order valence-corrected chi connectivity index (χ1v) is 13.0. The zero-order valence-corrected chi connectivity index (χ0v) is 19.6. The van der Waals surface area contributed by atoms with Gasteiger partial charge in [0, 0.05) is 30.6 Å². The molecule has 1 spiro atoms. The number of ether oxygens (including phenoxy) is 1. The third kappa shape index (κ3) is 2.48. The van der Waals surface area contributed by atoms with E-state index in [4.69, 9.17) is 4.74 Å². The average molecular weight is 413 g/mol. The van der Waals surface area contributed by atoms with Crippen LogP contribution in [0.4, 0.5) is 0 Å². The third-order valence-corrected chi connectivity index (χ3v) is 11.6. The SMILES string of the molecule is C[C@@H]1CC[C@@]2([NH2+]C1)O[C@H]1C[C@H]3[C@@H]4CCC5=CC(=O)CC[C@]5(C)[C@H]4CC[C@@]3(C)[C@H]1[C@@H]2C. The molecule has 0 aromatic rings. The molecule has 4 aliphatic carbocycles. The summed E-state index contributed by atoms with van der Waals surface area (Å²) in [5, 5.41) is 2.59. The van der Waals surface area contributed by atoms with Crippen molar-refractivity contribution in [2.24, 2.45) is 46.3 Å². The van der Waals surface area contributed by atoms with Gasteiger partial charge in [-0.25, -0.2) is 0 Å². The van der Waals surface area contributed by atoms with Gasteiger partial charge in [-0.3, -0.25) is 4.79 Å². The van der Waals surface area contributed by atoms with Crippen LogP contribution in [0.5, 0.6) is 0 Å². The van der Waals surface area contributed by atoms with Gasteiger partial charge in [-0.1, -0.05) is 33.3 Å². The number of nitrogens with two attached hydrogens (primary N) is 1. The minimum atomic E-state index is 0.0743. The Kier molecular flexibility index (Phi) is 4.29. The second-order valence-electron chi connectivity index (χ2n) is 12.8. The second-order valence-corrected chi connectivity index (χ2v) is 12.8. The van der Waals surface area contributed by atoms with Crippen molar-refractivity contribution in [1.82, 2.24) is 0 Å². The third-order valence-electron chi connectivity index (χ3n) is 11.6. The van der Waals surface area contributed by atoms with E-state index >= 15 is 0 Å². The van der Waals surface area contributed by atoms with Gasteiger partial charge in [-0.15, -0.1) is 0 Å².